The van der Waals surface area contributed by atoms with Gasteiger partial charge in [0.1, 0.15) is 11.5 Å². The summed E-state index contributed by atoms with van der Waals surface area (Å²) in [7, 11) is 0. The maximum atomic E-state index is 5.78. The molecule has 0 N–H and O–H groups in total. The van der Waals surface area contributed by atoms with Crippen molar-refractivity contribution in [1.29, 1.82) is 0 Å². The molecule has 0 saturated carbocycles. The first-order valence-corrected chi connectivity index (χ1v) is 11.1. The number of rotatable bonds is 12. The summed E-state index contributed by atoms with van der Waals surface area (Å²) >= 11 is 0. The molecule has 0 aliphatic rings. The Balaban J connectivity index is 1.56. The third kappa shape index (κ3) is 6.58. The Kier molecular flexibility index (Phi) is 8.70. The van der Waals surface area contributed by atoms with Crippen LogP contribution in [0.2, 0.25) is 0 Å². The average molecular weight is 405 g/mol. The summed E-state index contributed by atoms with van der Waals surface area (Å²) in [5.41, 5.74) is 3.06. The Morgan fingerprint density at radius 1 is 0.567 bits per heavy atom. The zero-order valence-electron chi connectivity index (χ0n) is 18.1. The molecule has 0 atom stereocenters. The molecule has 0 saturated heterocycles. The third-order valence-corrected chi connectivity index (χ3v) is 4.99. The Morgan fingerprint density at radius 3 is 1.50 bits per heavy atom. The Morgan fingerprint density at radius 2 is 1.03 bits per heavy atom. The van der Waals surface area contributed by atoms with Crippen molar-refractivity contribution in [2.45, 2.75) is 52.4 Å². The van der Waals surface area contributed by atoms with Gasteiger partial charge in [-0.05, 0) is 54.8 Å². The lowest BCUT2D eigenvalue weighted by atomic mass is 10.1. The highest BCUT2D eigenvalue weighted by molar-refractivity contribution is 5.64. The Labute approximate surface area is 180 Å². The highest BCUT2D eigenvalue weighted by Crippen LogP contribution is 2.24. The van der Waals surface area contributed by atoms with E-state index in [0.717, 1.165) is 54.2 Å². The number of hydrogen-bond donors (Lipinski definition) is 0. The monoisotopic (exact) mass is 404 g/mol. The molecule has 0 unspecified atom stereocenters. The second-order valence-electron chi connectivity index (χ2n) is 7.46. The van der Waals surface area contributed by atoms with Crippen LogP contribution < -0.4 is 9.47 Å². The average Bonchev–Trinajstić information content (AvgIpc) is 2.81. The fraction of sp³-hybridized carbons (Fsp3) is 0.385. The predicted octanol–water partition coefficient (Wildman–Crippen LogP) is 6.95. The Bertz CT molecular complexity index is 785. The lowest BCUT2D eigenvalue weighted by Crippen LogP contribution is -1.97. The van der Waals surface area contributed by atoms with Crippen molar-refractivity contribution in [2.75, 3.05) is 13.2 Å². The maximum Gasteiger partial charge on any atom is 0.159 e. The minimum atomic E-state index is 0.715. The number of benzene rings is 2. The maximum absolute atomic E-state index is 5.78. The van der Waals surface area contributed by atoms with Crippen LogP contribution in [-0.2, 0) is 0 Å². The van der Waals surface area contributed by atoms with E-state index in [4.69, 9.17) is 9.47 Å². The zero-order valence-corrected chi connectivity index (χ0v) is 18.1. The first-order valence-electron chi connectivity index (χ1n) is 11.1. The highest BCUT2D eigenvalue weighted by atomic mass is 16.5. The van der Waals surface area contributed by atoms with E-state index in [0.29, 0.717) is 5.82 Å². The van der Waals surface area contributed by atoms with Crippen molar-refractivity contribution in [3.05, 3.63) is 60.9 Å². The van der Waals surface area contributed by atoms with Gasteiger partial charge in [0.2, 0.25) is 0 Å². The number of ether oxygens (including phenoxy) is 2. The first kappa shape index (κ1) is 21.8. The molecule has 30 heavy (non-hydrogen) atoms. The van der Waals surface area contributed by atoms with Crippen molar-refractivity contribution in [3.8, 4) is 34.0 Å². The van der Waals surface area contributed by atoms with E-state index in [1.54, 1.807) is 0 Å². The molecule has 3 rings (SSSR count). The van der Waals surface area contributed by atoms with Crippen LogP contribution >= 0.6 is 0 Å². The van der Waals surface area contributed by atoms with E-state index in [1.165, 1.54) is 25.7 Å². The van der Waals surface area contributed by atoms with Gasteiger partial charge in [0.05, 0.1) is 13.2 Å². The molecule has 2 aromatic carbocycles. The first-order chi connectivity index (χ1) is 14.8. The Hall–Kier alpha value is -2.88. The molecule has 1 heterocycles. The molecule has 3 aromatic rings. The summed E-state index contributed by atoms with van der Waals surface area (Å²) in [5, 5.41) is 0. The van der Waals surface area contributed by atoms with Crippen LogP contribution in [-0.4, -0.2) is 23.2 Å². The number of hydrogen-bond acceptors (Lipinski definition) is 4. The lowest BCUT2D eigenvalue weighted by molar-refractivity contribution is 0.306. The summed E-state index contributed by atoms with van der Waals surface area (Å²) in [5.74, 6) is 2.51. The molecule has 0 radical (unpaired) electrons. The highest BCUT2D eigenvalue weighted by Gasteiger charge is 2.05. The standard InChI is InChI=1S/C26H32N2O2/c1-3-5-7-17-29-24-13-9-21(10-14-24)23-19-27-26(28-20-23)22-11-15-25(16-12-22)30-18-8-6-4-2/h9-16,19-20H,3-8,17-18H2,1-2H3. The molecule has 1 aromatic heterocycles. The molecular formula is C26H32N2O2. The fourth-order valence-corrected chi connectivity index (χ4v) is 3.15. The van der Waals surface area contributed by atoms with Gasteiger partial charge in [0.15, 0.2) is 5.82 Å². The van der Waals surface area contributed by atoms with Crippen molar-refractivity contribution in [3.63, 3.8) is 0 Å². The number of aromatic nitrogens is 2. The molecule has 4 nitrogen and oxygen atoms in total. The topological polar surface area (TPSA) is 44.2 Å². The lowest BCUT2D eigenvalue weighted by Gasteiger charge is -2.08. The van der Waals surface area contributed by atoms with Gasteiger partial charge >= 0.3 is 0 Å². The molecule has 0 aliphatic heterocycles. The number of unbranched alkanes of at least 4 members (excludes halogenated alkanes) is 4. The van der Waals surface area contributed by atoms with Gasteiger partial charge in [-0.2, -0.15) is 0 Å². The minimum absolute atomic E-state index is 0.715. The molecule has 0 spiro atoms. The summed E-state index contributed by atoms with van der Waals surface area (Å²) in [6.45, 7) is 5.93. The van der Waals surface area contributed by atoms with Crippen LogP contribution in [0.3, 0.4) is 0 Å². The smallest absolute Gasteiger partial charge is 0.159 e. The van der Waals surface area contributed by atoms with Crippen LogP contribution in [0.5, 0.6) is 11.5 Å². The van der Waals surface area contributed by atoms with E-state index in [9.17, 15) is 0 Å². The molecule has 0 fully saturated rings. The van der Waals surface area contributed by atoms with Crippen LogP contribution in [0.1, 0.15) is 52.4 Å². The summed E-state index contributed by atoms with van der Waals surface area (Å²) in [6, 6.07) is 16.1. The molecule has 0 bridgehead atoms. The van der Waals surface area contributed by atoms with Gasteiger partial charge in [-0.3, -0.25) is 0 Å². The van der Waals surface area contributed by atoms with Crippen molar-refractivity contribution < 1.29 is 9.47 Å². The van der Waals surface area contributed by atoms with E-state index in [2.05, 4.69) is 35.9 Å². The second kappa shape index (κ2) is 12.0. The second-order valence-corrected chi connectivity index (χ2v) is 7.46. The molecule has 158 valence electrons. The van der Waals surface area contributed by atoms with E-state index in [1.807, 2.05) is 48.8 Å². The fourth-order valence-electron chi connectivity index (χ4n) is 3.15. The van der Waals surface area contributed by atoms with Crippen LogP contribution in [0.25, 0.3) is 22.5 Å². The predicted molar refractivity (Wildman–Crippen MR) is 123 cm³/mol. The molecule has 0 amide bonds. The van der Waals surface area contributed by atoms with Crippen molar-refractivity contribution >= 4 is 0 Å². The normalized spacial score (nSPS) is 10.7. The van der Waals surface area contributed by atoms with Gasteiger partial charge in [0, 0.05) is 23.5 Å². The number of nitrogens with zero attached hydrogens (tertiary/aromatic N) is 2. The molecular weight excluding hydrogens is 372 g/mol. The van der Waals surface area contributed by atoms with Crippen molar-refractivity contribution in [1.82, 2.24) is 9.97 Å². The van der Waals surface area contributed by atoms with Gasteiger partial charge in [0.25, 0.3) is 0 Å². The van der Waals surface area contributed by atoms with Crippen LogP contribution in [0.4, 0.5) is 0 Å². The van der Waals surface area contributed by atoms with E-state index >= 15 is 0 Å². The minimum Gasteiger partial charge on any atom is -0.494 e. The van der Waals surface area contributed by atoms with Gasteiger partial charge in [-0.1, -0.05) is 51.7 Å². The largest absolute Gasteiger partial charge is 0.494 e. The molecule has 0 aliphatic carbocycles. The summed E-state index contributed by atoms with van der Waals surface area (Å²) in [4.78, 5) is 9.10. The van der Waals surface area contributed by atoms with Crippen LogP contribution in [0.15, 0.2) is 60.9 Å². The van der Waals surface area contributed by atoms with Crippen molar-refractivity contribution in [2.24, 2.45) is 0 Å². The van der Waals surface area contributed by atoms with Gasteiger partial charge in [-0.15, -0.1) is 0 Å². The van der Waals surface area contributed by atoms with Gasteiger partial charge < -0.3 is 9.47 Å². The molecule has 4 heteroatoms. The van der Waals surface area contributed by atoms with Crippen LogP contribution in [0, 0.1) is 0 Å². The SMILES string of the molecule is CCCCCOc1ccc(-c2cnc(-c3ccc(OCCCCC)cc3)nc2)cc1. The van der Waals surface area contributed by atoms with E-state index in [-0.39, 0.29) is 0 Å². The zero-order chi connectivity index (χ0) is 21.0. The van der Waals surface area contributed by atoms with E-state index < -0.39 is 0 Å². The van der Waals surface area contributed by atoms with Gasteiger partial charge in [-0.25, -0.2) is 9.97 Å². The summed E-state index contributed by atoms with van der Waals surface area (Å²) < 4.78 is 11.6. The quantitative estimate of drug-likeness (QED) is 0.306. The third-order valence-electron chi connectivity index (χ3n) is 4.99. The summed E-state index contributed by atoms with van der Waals surface area (Å²) in [6.07, 6.45) is 10.7.